The molecular formula is C18H18N4OS. The molecule has 0 spiro atoms. The van der Waals surface area contributed by atoms with Crippen LogP contribution in [0.15, 0.2) is 36.4 Å². The monoisotopic (exact) mass is 338 g/mol. The van der Waals surface area contributed by atoms with Gasteiger partial charge in [0, 0.05) is 17.0 Å². The average molecular weight is 338 g/mol. The van der Waals surface area contributed by atoms with Crippen LogP contribution in [0.25, 0.3) is 21.5 Å². The minimum absolute atomic E-state index is 0.232. The standard InChI is InChI=1S/C18H18N4OS/c19-15-14-11(12-7-4-8-21-12)9-13(10-5-2-1-3-6-10)22-18(14)24-16(15)17(20)23/h1-3,5-6,9,12,21H,4,7-8,19H2,(H2,20,23). The number of benzene rings is 1. The van der Waals surface area contributed by atoms with Gasteiger partial charge in [-0.3, -0.25) is 4.79 Å². The molecule has 6 heteroatoms. The van der Waals surface area contributed by atoms with Gasteiger partial charge in [-0.1, -0.05) is 30.3 Å². The summed E-state index contributed by atoms with van der Waals surface area (Å²) in [4.78, 5) is 17.6. The summed E-state index contributed by atoms with van der Waals surface area (Å²) >= 11 is 1.28. The molecule has 0 aliphatic carbocycles. The highest BCUT2D eigenvalue weighted by molar-refractivity contribution is 7.21. The van der Waals surface area contributed by atoms with Crippen LogP contribution in [0.1, 0.15) is 34.1 Å². The van der Waals surface area contributed by atoms with Gasteiger partial charge in [0.2, 0.25) is 0 Å². The maximum atomic E-state index is 11.7. The summed E-state index contributed by atoms with van der Waals surface area (Å²) < 4.78 is 0. The number of anilines is 1. The average Bonchev–Trinajstić information content (AvgIpc) is 3.23. The molecule has 1 aromatic carbocycles. The lowest BCUT2D eigenvalue weighted by atomic mass is 9.99. The number of nitrogen functional groups attached to an aromatic ring is 1. The quantitative estimate of drug-likeness (QED) is 0.684. The topological polar surface area (TPSA) is 94.0 Å². The number of amides is 1. The van der Waals surface area contributed by atoms with Crippen LogP contribution in [0.4, 0.5) is 5.69 Å². The Morgan fingerprint density at radius 3 is 2.75 bits per heavy atom. The first-order valence-corrected chi connectivity index (χ1v) is 8.78. The molecule has 1 aliphatic heterocycles. The van der Waals surface area contributed by atoms with E-state index in [0.717, 1.165) is 46.4 Å². The molecule has 1 aliphatic rings. The predicted octanol–water partition coefficient (Wildman–Crippen LogP) is 3.07. The summed E-state index contributed by atoms with van der Waals surface area (Å²) in [5.41, 5.74) is 15.2. The van der Waals surface area contributed by atoms with Crippen LogP contribution in [0, 0.1) is 0 Å². The molecule has 1 amide bonds. The van der Waals surface area contributed by atoms with Crippen molar-refractivity contribution in [3.63, 3.8) is 0 Å². The number of hydrogen-bond acceptors (Lipinski definition) is 5. The molecule has 1 unspecified atom stereocenters. The lowest BCUT2D eigenvalue weighted by molar-refractivity contribution is 0.100. The Hall–Kier alpha value is -2.44. The molecule has 2 aromatic heterocycles. The molecule has 5 nitrogen and oxygen atoms in total. The Bertz CT molecular complexity index is 914. The summed E-state index contributed by atoms with van der Waals surface area (Å²) in [5, 5.41) is 4.38. The Balaban J connectivity index is 1.99. The highest BCUT2D eigenvalue weighted by atomic mass is 32.1. The van der Waals surface area contributed by atoms with Gasteiger partial charge in [0.15, 0.2) is 0 Å². The molecule has 5 N–H and O–H groups in total. The predicted molar refractivity (Wildman–Crippen MR) is 98.0 cm³/mol. The Labute approximate surface area is 143 Å². The number of carbonyl (C=O) groups excluding carboxylic acids is 1. The van der Waals surface area contributed by atoms with Crippen molar-refractivity contribution in [3.8, 4) is 11.3 Å². The van der Waals surface area contributed by atoms with Crippen molar-refractivity contribution in [2.24, 2.45) is 5.73 Å². The van der Waals surface area contributed by atoms with E-state index in [1.165, 1.54) is 11.3 Å². The van der Waals surface area contributed by atoms with E-state index in [0.29, 0.717) is 10.6 Å². The summed E-state index contributed by atoms with van der Waals surface area (Å²) in [6, 6.07) is 12.4. The van der Waals surface area contributed by atoms with Gasteiger partial charge in [-0.05, 0) is 31.0 Å². The van der Waals surface area contributed by atoms with E-state index in [2.05, 4.69) is 11.4 Å². The number of carbonyl (C=O) groups is 1. The van der Waals surface area contributed by atoms with Crippen LogP contribution in [0.3, 0.4) is 0 Å². The van der Waals surface area contributed by atoms with Crippen LogP contribution in [-0.2, 0) is 0 Å². The van der Waals surface area contributed by atoms with E-state index in [-0.39, 0.29) is 6.04 Å². The van der Waals surface area contributed by atoms with Gasteiger partial charge < -0.3 is 16.8 Å². The molecular weight excluding hydrogens is 320 g/mol. The fraction of sp³-hybridized carbons (Fsp3) is 0.222. The van der Waals surface area contributed by atoms with E-state index < -0.39 is 5.91 Å². The second-order valence-corrected chi connectivity index (χ2v) is 7.00. The fourth-order valence-corrected chi connectivity index (χ4v) is 4.29. The van der Waals surface area contributed by atoms with Crippen molar-refractivity contribution in [3.05, 3.63) is 46.8 Å². The van der Waals surface area contributed by atoms with Crippen LogP contribution in [-0.4, -0.2) is 17.4 Å². The Morgan fingerprint density at radius 1 is 1.29 bits per heavy atom. The Morgan fingerprint density at radius 2 is 2.08 bits per heavy atom. The number of hydrogen-bond donors (Lipinski definition) is 3. The fourth-order valence-electron chi connectivity index (χ4n) is 3.31. The molecule has 1 saturated heterocycles. The molecule has 3 aromatic rings. The number of thiophene rings is 1. The first-order valence-electron chi connectivity index (χ1n) is 7.96. The van der Waals surface area contributed by atoms with Crippen molar-refractivity contribution in [2.75, 3.05) is 12.3 Å². The third-order valence-corrected chi connectivity index (χ3v) is 5.57. The van der Waals surface area contributed by atoms with E-state index in [4.69, 9.17) is 16.5 Å². The highest BCUT2D eigenvalue weighted by Crippen LogP contribution is 2.40. The number of pyridine rings is 1. The van der Waals surface area contributed by atoms with Gasteiger partial charge in [0.05, 0.1) is 11.4 Å². The maximum absolute atomic E-state index is 11.7. The number of nitrogens with zero attached hydrogens (tertiary/aromatic N) is 1. The van der Waals surface area contributed by atoms with Gasteiger partial charge in [0.1, 0.15) is 9.71 Å². The second-order valence-electron chi connectivity index (χ2n) is 6.00. The lowest BCUT2D eigenvalue weighted by Gasteiger charge is -2.14. The minimum Gasteiger partial charge on any atom is -0.397 e. The summed E-state index contributed by atoms with van der Waals surface area (Å²) in [7, 11) is 0. The molecule has 122 valence electrons. The largest absolute Gasteiger partial charge is 0.397 e. The van der Waals surface area contributed by atoms with Gasteiger partial charge in [0.25, 0.3) is 5.91 Å². The van der Waals surface area contributed by atoms with Crippen molar-refractivity contribution in [1.82, 2.24) is 10.3 Å². The molecule has 24 heavy (non-hydrogen) atoms. The van der Waals surface area contributed by atoms with E-state index in [1.807, 2.05) is 30.3 Å². The zero-order valence-electron chi connectivity index (χ0n) is 13.1. The van der Waals surface area contributed by atoms with Gasteiger partial charge in [-0.25, -0.2) is 4.98 Å². The van der Waals surface area contributed by atoms with E-state index in [9.17, 15) is 4.79 Å². The van der Waals surface area contributed by atoms with Crippen molar-refractivity contribution in [2.45, 2.75) is 18.9 Å². The van der Waals surface area contributed by atoms with Crippen LogP contribution in [0.5, 0.6) is 0 Å². The first-order chi connectivity index (χ1) is 11.6. The second kappa shape index (κ2) is 5.89. The number of nitrogens with two attached hydrogens (primary N) is 2. The van der Waals surface area contributed by atoms with E-state index in [1.54, 1.807) is 0 Å². The third kappa shape index (κ3) is 2.44. The van der Waals surface area contributed by atoms with Crippen LogP contribution >= 0.6 is 11.3 Å². The van der Waals surface area contributed by atoms with Gasteiger partial charge in [-0.2, -0.15) is 0 Å². The molecule has 1 atom stereocenters. The summed E-state index contributed by atoms with van der Waals surface area (Å²) in [5.74, 6) is -0.498. The number of nitrogens with one attached hydrogen (secondary N) is 1. The van der Waals surface area contributed by atoms with E-state index >= 15 is 0 Å². The zero-order valence-corrected chi connectivity index (χ0v) is 13.9. The van der Waals surface area contributed by atoms with Gasteiger partial charge >= 0.3 is 0 Å². The third-order valence-electron chi connectivity index (χ3n) is 4.46. The van der Waals surface area contributed by atoms with Crippen LogP contribution < -0.4 is 16.8 Å². The van der Waals surface area contributed by atoms with Crippen LogP contribution in [0.2, 0.25) is 0 Å². The minimum atomic E-state index is -0.498. The number of primary amides is 1. The Kier molecular flexibility index (Phi) is 3.70. The van der Waals surface area contributed by atoms with Crippen molar-refractivity contribution >= 4 is 33.1 Å². The lowest BCUT2D eigenvalue weighted by Crippen LogP contribution is -2.14. The van der Waals surface area contributed by atoms with Crippen molar-refractivity contribution in [1.29, 1.82) is 0 Å². The molecule has 0 bridgehead atoms. The van der Waals surface area contributed by atoms with Crippen molar-refractivity contribution < 1.29 is 4.79 Å². The molecule has 3 heterocycles. The normalized spacial score (nSPS) is 17.4. The summed E-state index contributed by atoms with van der Waals surface area (Å²) in [6.45, 7) is 0.988. The highest BCUT2D eigenvalue weighted by Gasteiger charge is 2.25. The molecule has 1 fully saturated rings. The zero-order chi connectivity index (χ0) is 16.7. The number of aromatic nitrogens is 1. The number of rotatable bonds is 3. The molecule has 4 rings (SSSR count). The molecule has 0 radical (unpaired) electrons. The maximum Gasteiger partial charge on any atom is 0.260 e. The smallest absolute Gasteiger partial charge is 0.260 e. The first kappa shape index (κ1) is 15.1. The SMILES string of the molecule is NC(=O)c1sc2nc(-c3ccccc3)cc(C3CCCN3)c2c1N. The molecule has 0 saturated carbocycles. The van der Waals surface area contributed by atoms with Gasteiger partial charge in [-0.15, -0.1) is 11.3 Å². The summed E-state index contributed by atoms with van der Waals surface area (Å²) in [6.07, 6.45) is 2.18. The number of fused-ring (bicyclic) bond motifs is 1.